The van der Waals surface area contributed by atoms with E-state index in [0.29, 0.717) is 17.3 Å². The Bertz CT molecular complexity index is 463. The van der Waals surface area contributed by atoms with E-state index in [2.05, 4.69) is 12.3 Å². The number of hydrogen-bond acceptors (Lipinski definition) is 5. The lowest BCUT2D eigenvalue weighted by Gasteiger charge is -2.20. The first kappa shape index (κ1) is 12.6. The summed E-state index contributed by atoms with van der Waals surface area (Å²) < 4.78 is 0. The number of hydrogen-bond donors (Lipinski definition) is 2. The summed E-state index contributed by atoms with van der Waals surface area (Å²) in [4.78, 5) is 12.7. The monoisotopic (exact) mass is 250 g/mol. The Morgan fingerprint density at radius 2 is 2.28 bits per heavy atom. The molecule has 1 aliphatic carbocycles. The first-order valence-electron chi connectivity index (χ1n) is 5.99. The average molecular weight is 250 g/mol. The predicted molar refractivity (Wildman–Crippen MR) is 71.4 cm³/mol. The molecule has 0 saturated heterocycles. The Balaban J connectivity index is 2.27. The number of nitrogens with zero attached hydrogens (tertiary/aromatic N) is 2. The van der Waals surface area contributed by atoms with Gasteiger partial charge in [0.25, 0.3) is 0 Å². The van der Waals surface area contributed by atoms with Gasteiger partial charge in [-0.3, -0.25) is 16.0 Å². The van der Waals surface area contributed by atoms with E-state index in [1.807, 2.05) is 11.9 Å². The van der Waals surface area contributed by atoms with E-state index in [0.717, 1.165) is 12.5 Å². The number of nitrogens with two attached hydrogens (primary N) is 1. The van der Waals surface area contributed by atoms with Gasteiger partial charge in [-0.1, -0.05) is 13.0 Å². The van der Waals surface area contributed by atoms with Gasteiger partial charge in [-0.2, -0.15) is 0 Å². The molecule has 1 aromatic carbocycles. The smallest absolute Gasteiger partial charge is 0.316 e. The van der Waals surface area contributed by atoms with Crippen LogP contribution >= 0.6 is 0 Å². The number of rotatable bonds is 5. The number of nitrogens with one attached hydrogen (secondary N) is 1. The zero-order valence-electron chi connectivity index (χ0n) is 10.6. The van der Waals surface area contributed by atoms with Crippen molar-refractivity contribution in [2.24, 2.45) is 17.7 Å². The number of benzene rings is 1. The van der Waals surface area contributed by atoms with Crippen LogP contribution < -0.4 is 16.2 Å². The van der Waals surface area contributed by atoms with E-state index in [-0.39, 0.29) is 5.69 Å². The maximum Gasteiger partial charge on any atom is 0.316 e. The molecule has 3 N–H and O–H groups in total. The summed E-state index contributed by atoms with van der Waals surface area (Å²) >= 11 is 0. The number of nitro benzene ring substituents is 1. The van der Waals surface area contributed by atoms with Crippen LogP contribution in [0.15, 0.2) is 18.2 Å². The van der Waals surface area contributed by atoms with Crippen molar-refractivity contribution in [3.63, 3.8) is 0 Å². The summed E-state index contributed by atoms with van der Waals surface area (Å²) in [7, 11) is 1.88. The highest BCUT2D eigenvalue weighted by atomic mass is 16.6. The Hall–Kier alpha value is -1.82. The fraction of sp³-hybridized carbons (Fsp3) is 0.500. The molecule has 0 spiro atoms. The fourth-order valence-corrected chi connectivity index (χ4v) is 2.25. The Labute approximate surface area is 106 Å². The van der Waals surface area contributed by atoms with Crippen molar-refractivity contribution in [3.05, 3.63) is 28.3 Å². The van der Waals surface area contributed by atoms with Crippen LogP contribution in [0.4, 0.5) is 17.1 Å². The van der Waals surface area contributed by atoms with Crippen molar-refractivity contribution in [2.75, 3.05) is 23.9 Å². The molecular weight excluding hydrogens is 232 g/mol. The van der Waals surface area contributed by atoms with Crippen molar-refractivity contribution in [1.82, 2.24) is 0 Å². The zero-order valence-corrected chi connectivity index (χ0v) is 10.6. The SMILES string of the molecule is CC1CC1CN(C)c1cccc(NN)c1[N+](=O)[O-]. The lowest BCUT2D eigenvalue weighted by molar-refractivity contribution is -0.383. The molecule has 2 unspecified atom stereocenters. The van der Waals surface area contributed by atoms with Gasteiger partial charge in [0, 0.05) is 13.6 Å². The largest absolute Gasteiger partial charge is 0.369 e. The molecule has 1 fully saturated rings. The maximum atomic E-state index is 11.2. The lowest BCUT2D eigenvalue weighted by Crippen LogP contribution is -2.22. The van der Waals surface area contributed by atoms with Crippen molar-refractivity contribution in [2.45, 2.75) is 13.3 Å². The van der Waals surface area contributed by atoms with Crippen molar-refractivity contribution in [3.8, 4) is 0 Å². The molecule has 0 heterocycles. The van der Waals surface area contributed by atoms with E-state index in [9.17, 15) is 10.1 Å². The van der Waals surface area contributed by atoms with E-state index in [1.54, 1.807) is 18.2 Å². The lowest BCUT2D eigenvalue weighted by atomic mass is 10.2. The van der Waals surface area contributed by atoms with Crippen LogP contribution in [-0.2, 0) is 0 Å². The van der Waals surface area contributed by atoms with Crippen LogP contribution in [0.25, 0.3) is 0 Å². The first-order valence-corrected chi connectivity index (χ1v) is 5.99. The second-order valence-electron chi connectivity index (χ2n) is 4.93. The minimum Gasteiger partial charge on any atom is -0.369 e. The Kier molecular flexibility index (Phi) is 3.38. The topological polar surface area (TPSA) is 84.4 Å². The molecule has 0 bridgehead atoms. The fourth-order valence-electron chi connectivity index (χ4n) is 2.25. The van der Waals surface area contributed by atoms with Gasteiger partial charge < -0.3 is 10.3 Å². The molecule has 0 aromatic heterocycles. The van der Waals surface area contributed by atoms with E-state index in [4.69, 9.17) is 5.84 Å². The number of nitrogen functional groups attached to an aromatic ring is 1. The maximum absolute atomic E-state index is 11.2. The second kappa shape index (κ2) is 4.81. The zero-order chi connectivity index (χ0) is 13.3. The molecular formula is C12H18N4O2. The predicted octanol–water partition coefficient (Wildman–Crippen LogP) is 1.97. The second-order valence-corrected chi connectivity index (χ2v) is 4.93. The molecule has 1 saturated carbocycles. The third-order valence-corrected chi connectivity index (χ3v) is 3.55. The number of hydrazine groups is 1. The molecule has 0 aliphatic heterocycles. The third kappa shape index (κ3) is 2.38. The van der Waals surface area contributed by atoms with Crippen molar-refractivity contribution < 1.29 is 4.92 Å². The Morgan fingerprint density at radius 3 is 2.78 bits per heavy atom. The molecule has 0 amide bonds. The first-order chi connectivity index (χ1) is 8.54. The highest BCUT2D eigenvalue weighted by Crippen LogP contribution is 2.41. The van der Waals surface area contributed by atoms with Crippen molar-refractivity contribution >= 4 is 17.1 Å². The van der Waals surface area contributed by atoms with Crippen LogP contribution in [0, 0.1) is 22.0 Å². The molecule has 1 aromatic rings. The summed E-state index contributed by atoms with van der Waals surface area (Å²) in [5.41, 5.74) is 3.37. The van der Waals surface area contributed by atoms with Gasteiger partial charge in [0.2, 0.25) is 0 Å². The minimum atomic E-state index is -0.392. The summed E-state index contributed by atoms with van der Waals surface area (Å²) in [6.07, 6.45) is 1.20. The quantitative estimate of drug-likeness (QED) is 0.474. The third-order valence-electron chi connectivity index (χ3n) is 3.55. The Morgan fingerprint density at radius 1 is 1.61 bits per heavy atom. The van der Waals surface area contributed by atoms with Crippen LogP contribution in [0.2, 0.25) is 0 Å². The molecule has 2 rings (SSSR count). The molecule has 1 aliphatic rings. The molecule has 2 atom stereocenters. The summed E-state index contributed by atoms with van der Waals surface area (Å²) in [5.74, 6) is 6.69. The molecule has 98 valence electrons. The van der Waals surface area contributed by atoms with E-state index in [1.165, 1.54) is 6.42 Å². The van der Waals surface area contributed by atoms with Crippen LogP contribution in [0.1, 0.15) is 13.3 Å². The highest BCUT2D eigenvalue weighted by Gasteiger charge is 2.34. The molecule has 0 radical (unpaired) electrons. The highest BCUT2D eigenvalue weighted by molar-refractivity contribution is 5.76. The van der Waals surface area contributed by atoms with Gasteiger partial charge in [-0.25, -0.2) is 0 Å². The standard InChI is InChI=1S/C12H18N4O2/c1-8-6-9(8)7-15(2)11-5-3-4-10(14-13)12(11)16(17)18/h3-5,8-9,14H,6-7,13H2,1-2H3. The minimum absolute atomic E-state index is 0.0378. The van der Waals surface area contributed by atoms with Gasteiger partial charge in [0.15, 0.2) is 0 Å². The van der Waals surface area contributed by atoms with Gasteiger partial charge >= 0.3 is 5.69 Å². The van der Waals surface area contributed by atoms with E-state index < -0.39 is 4.92 Å². The van der Waals surface area contributed by atoms with Gasteiger partial charge in [0.05, 0.1) is 4.92 Å². The van der Waals surface area contributed by atoms with Gasteiger partial charge in [-0.15, -0.1) is 0 Å². The molecule has 6 heteroatoms. The van der Waals surface area contributed by atoms with Crippen LogP contribution in [0.5, 0.6) is 0 Å². The number of anilines is 2. The van der Waals surface area contributed by atoms with Crippen LogP contribution in [-0.4, -0.2) is 18.5 Å². The average Bonchev–Trinajstić information content (AvgIpc) is 3.03. The van der Waals surface area contributed by atoms with Gasteiger partial charge in [-0.05, 0) is 30.4 Å². The van der Waals surface area contributed by atoms with Crippen molar-refractivity contribution in [1.29, 1.82) is 0 Å². The molecule has 6 nitrogen and oxygen atoms in total. The van der Waals surface area contributed by atoms with Crippen LogP contribution in [0.3, 0.4) is 0 Å². The summed E-state index contributed by atoms with van der Waals surface area (Å²) in [6.45, 7) is 3.04. The number of para-hydroxylation sites is 1. The summed E-state index contributed by atoms with van der Waals surface area (Å²) in [5, 5.41) is 11.2. The number of nitro groups is 1. The summed E-state index contributed by atoms with van der Waals surface area (Å²) in [6, 6.07) is 5.13. The molecule has 18 heavy (non-hydrogen) atoms. The van der Waals surface area contributed by atoms with Gasteiger partial charge in [0.1, 0.15) is 11.4 Å². The normalized spacial score (nSPS) is 21.5. The van der Waals surface area contributed by atoms with E-state index >= 15 is 0 Å².